The molecule has 0 unspecified atom stereocenters. The monoisotopic (exact) mass is 402 g/mol. The summed E-state index contributed by atoms with van der Waals surface area (Å²) in [4.78, 5) is 25.8. The Balaban J connectivity index is 1.61. The minimum Gasteiger partial charge on any atom is -0.497 e. The molecule has 0 saturated carbocycles. The first-order valence-corrected chi connectivity index (χ1v) is 9.55. The highest BCUT2D eigenvalue weighted by Crippen LogP contribution is 2.53. The predicted octanol–water partition coefficient (Wildman–Crippen LogP) is 4.24. The van der Waals surface area contributed by atoms with Crippen LogP contribution in [0.5, 0.6) is 11.5 Å². The minimum atomic E-state index is -0.499. The molecule has 3 atom stereocenters. The lowest BCUT2D eigenvalue weighted by molar-refractivity contribution is -0.385. The van der Waals surface area contributed by atoms with Gasteiger partial charge in [0.2, 0.25) is 5.91 Å². The van der Waals surface area contributed by atoms with Gasteiger partial charge < -0.3 is 14.4 Å². The van der Waals surface area contributed by atoms with E-state index >= 15 is 0 Å². The van der Waals surface area contributed by atoms with Gasteiger partial charge in [-0.2, -0.15) is 0 Å². The lowest BCUT2D eigenvalue weighted by Gasteiger charge is -2.53. The van der Waals surface area contributed by atoms with E-state index in [9.17, 15) is 14.9 Å². The number of fused-ring (bicyclic) bond motifs is 3. The number of hydrogen-bond acceptors (Lipinski definition) is 5. The van der Waals surface area contributed by atoms with E-state index in [0.717, 1.165) is 11.3 Å². The van der Waals surface area contributed by atoms with E-state index in [4.69, 9.17) is 9.47 Å². The summed E-state index contributed by atoms with van der Waals surface area (Å²) in [6.45, 7) is 0. The van der Waals surface area contributed by atoms with E-state index in [-0.39, 0.29) is 23.7 Å². The number of benzene rings is 3. The average molecular weight is 402 g/mol. The van der Waals surface area contributed by atoms with Gasteiger partial charge in [0.05, 0.1) is 24.0 Å². The first-order valence-electron chi connectivity index (χ1n) is 9.55. The molecule has 0 radical (unpaired) electrons. The second-order valence-electron chi connectivity index (χ2n) is 7.30. The fourth-order valence-electron chi connectivity index (χ4n) is 4.29. The predicted molar refractivity (Wildman–Crippen MR) is 110 cm³/mol. The summed E-state index contributed by atoms with van der Waals surface area (Å²) in [5, 5.41) is 11.3. The highest BCUT2D eigenvalue weighted by atomic mass is 16.6. The summed E-state index contributed by atoms with van der Waals surface area (Å²) >= 11 is 0. The molecular formula is C23H18N2O5. The third-order valence-corrected chi connectivity index (χ3v) is 5.73. The fourth-order valence-corrected chi connectivity index (χ4v) is 4.29. The Kier molecular flexibility index (Phi) is 4.17. The van der Waals surface area contributed by atoms with Crippen molar-refractivity contribution in [2.75, 3.05) is 12.0 Å². The first kappa shape index (κ1) is 18.2. The second-order valence-corrected chi connectivity index (χ2v) is 7.30. The van der Waals surface area contributed by atoms with Crippen LogP contribution in [0, 0.1) is 10.1 Å². The number of carbonyl (C=O) groups is 1. The number of β-lactam (4-membered cyclic amide) rings is 1. The molecule has 2 aliphatic heterocycles. The van der Waals surface area contributed by atoms with Crippen molar-refractivity contribution in [3.63, 3.8) is 0 Å². The van der Waals surface area contributed by atoms with Gasteiger partial charge in [-0.15, -0.1) is 0 Å². The maximum absolute atomic E-state index is 13.2. The van der Waals surface area contributed by atoms with Crippen molar-refractivity contribution in [3.05, 3.63) is 94.0 Å². The van der Waals surface area contributed by atoms with Crippen molar-refractivity contribution in [1.29, 1.82) is 0 Å². The van der Waals surface area contributed by atoms with Crippen LogP contribution in [0.2, 0.25) is 0 Å². The fraction of sp³-hybridized carbons (Fsp3) is 0.174. The van der Waals surface area contributed by atoms with Crippen molar-refractivity contribution in [1.82, 2.24) is 0 Å². The molecule has 7 nitrogen and oxygen atoms in total. The zero-order chi connectivity index (χ0) is 20.8. The van der Waals surface area contributed by atoms with Crippen LogP contribution in [0.25, 0.3) is 0 Å². The molecule has 5 rings (SSSR count). The van der Waals surface area contributed by atoms with Gasteiger partial charge in [0.25, 0.3) is 5.69 Å². The standard InChI is InChI=1S/C23H18N2O5/c1-29-17-10-7-15(8-11-17)24-21-20(23(24)26)18-13-16(25(27)28)9-12-19(18)30-22(21)14-5-3-2-4-6-14/h2-13,20-22H,1H3/t20-,21-,22+/m1/s1. The van der Waals surface area contributed by atoms with E-state index in [1.807, 2.05) is 42.5 Å². The quantitative estimate of drug-likeness (QED) is 0.370. The second kappa shape index (κ2) is 6.88. The average Bonchev–Trinajstić information content (AvgIpc) is 2.78. The molecule has 30 heavy (non-hydrogen) atoms. The Morgan fingerprint density at radius 1 is 1.03 bits per heavy atom. The van der Waals surface area contributed by atoms with Crippen LogP contribution < -0.4 is 14.4 Å². The summed E-state index contributed by atoms with van der Waals surface area (Å²) in [6, 6.07) is 21.1. The molecule has 0 bridgehead atoms. The van der Waals surface area contributed by atoms with Crippen LogP contribution in [0.3, 0.4) is 0 Å². The topological polar surface area (TPSA) is 81.9 Å². The largest absolute Gasteiger partial charge is 0.497 e. The summed E-state index contributed by atoms with van der Waals surface area (Å²) in [6.07, 6.45) is -0.384. The molecule has 0 aromatic heterocycles. The molecule has 7 heteroatoms. The Morgan fingerprint density at radius 2 is 1.77 bits per heavy atom. The molecular weight excluding hydrogens is 384 g/mol. The molecule has 2 aliphatic rings. The van der Waals surface area contributed by atoms with E-state index in [0.29, 0.717) is 17.1 Å². The van der Waals surface area contributed by atoms with Gasteiger partial charge in [-0.1, -0.05) is 30.3 Å². The highest BCUT2D eigenvalue weighted by molar-refractivity contribution is 6.07. The molecule has 3 aromatic rings. The molecule has 1 fully saturated rings. The molecule has 1 saturated heterocycles. The number of hydrogen-bond donors (Lipinski definition) is 0. The van der Waals surface area contributed by atoms with Gasteiger partial charge in [-0.25, -0.2) is 0 Å². The van der Waals surface area contributed by atoms with Gasteiger partial charge in [-0.3, -0.25) is 14.9 Å². The summed E-state index contributed by atoms with van der Waals surface area (Å²) < 4.78 is 11.5. The van der Waals surface area contributed by atoms with E-state index in [1.54, 1.807) is 30.2 Å². The SMILES string of the molecule is COc1ccc(N2C(=O)[C@@H]3c4cc([N+](=O)[O-])ccc4O[C@@H](c4ccccc4)[C@@H]32)cc1. The number of rotatable bonds is 4. The van der Waals surface area contributed by atoms with Crippen molar-refractivity contribution >= 4 is 17.3 Å². The van der Waals surface area contributed by atoms with Gasteiger partial charge in [-0.05, 0) is 35.9 Å². The molecule has 3 aromatic carbocycles. The molecule has 150 valence electrons. The number of methoxy groups -OCH3 is 1. The Hall–Kier alpha value is -3.87. The van der Waals surface area contributed by atoms with Crippen LogP contribution in [-0.4, -0.2) is 24.0 Å². The molecule has 0 spiro atoms. The van der Waals surface area contributed by atoms with Gasteiger partial charge in [0.1, 0.15) is 17.6 Å². The van der Waals surface area contributed by atoms with Gasteiger partial charge in [0.15, 0.2) is 0 Å². The maximum atomic E-state index is 13.2. The molecule has 2 heterocycles. The maximum Gasteiger partial charge on any atom is 0.269 e. The van der Waals surface area contributed by atoms with Crippen molar-refractivity contribution < 1.29 is 19.2 Å². The third kappa shape index (κ3) is 2.70. The zero-order valence-electron chi connectivity index (χ0n) is 16.1. The molecule has 0 N–H and O–H groups in total. The summed E-state index contributed by atoms with van der Waals surface area (Å²) in [7, 11) is 1.59. The Labute approximate surface area is 172 Å². The van der Waals surface area contributed by atoms with Gasteiger partial charge >= 0.3 is 0 Å². The van der Waals surface area contributed by atoms with Gasteiger partial charge in [0, 0.05) is 23.4 Å². The van der Waals surface area contributed by atoms with Crippen molar-refractivity contribution in [2.24, 2.45) is 0 Å². The highest BCUT2D eigenvalue weighted by Gasteiger charge is 2.57. The Morgan fingerprint density at radius 3 is 2.43 bits per heavy atom. The lowest BCUT2D eigenvalue weighted by Crippen LogP contribution is -2.64. The number of ether oxygens (including phenoxy) is 2. The number of nitro groups is 1. The van der Waals surface area contributed by atoms with Crippen molar-refractivity contribution in [2.45, 2.75) is 18.1 Å². The number of non-ortho nitro benzene ring substituents is 1. The smallest absolute Gasteiger partial charge is 0.269 e. The summed E-state index contributed by atoms with van der Waals surface area (Å²) in [5.74, 6) is 0.610. The number of anilines is 1. The minimum absolute atomic E-state index is 0.0510. The van der Waals surface area contributed by atoms with E-state index < -0.39 is 10.8 Å². The number of nitro benzene ring substituents is 1. The molecule has 1 amide bonds. The third-order valence-electron chi connectivity index (χ3n) is 5.73. The van der Waals surface area contributed by atoms with Crippen LogP contribution in [0.15, 0.2) is 72.8 Å². The zero-order valence-corrected chi connectivity index (χ0v) is 16.1. The van der Waals surface area contributed by atoms with Crippen LogP contribution >= 0.6 is 0 Å². The van der Waals surface area contributed by atoms with Crippen LogP contribution in [0.1, 0.15) is 23.1 Å². The molecule has 0 aliphatic carbocycles. The first-order chi connectivity index (χ1) is 14.6. The van der Waals surface area contributed by atoms with E-state index in [2.05, 4.69) is 0 Å². The van der Waals surface area contributed by atoms with Crippen molar-refractivity contribution in [3.8, 4) is 11.5 Å². The van der Waals surface area contributed by atoms with Crippen LogP contribution in [-0.2, 0) is 4.79 Å². The Bertz CT molecular complexity index is 1130. The number of carbonyl (C=O) groups excluding carboxylic acids is 1. The number of amides is 1. The summed E-state index contributed by atoms with van der Waals surface area (Å²) in [5.41, 5.74) is 2.20. The van der Waals surface area contributed by atoms with E-state index in [1.165, 1.54) is 12.1 Å². The lowest BCUT2D eigenvalue weighted by atomic mass is 9.74. The normalized spacial score (nSPS) is 21.7. The van der Waals surface area contributed by atoms with Crippen LogP contribution in [0.4, 0.5) is 11.4 Å². The number of nitrogens with zero attached hydrogens (tertiary/aromatic N) is 2.